The average Bonchev–Trinajstić information content (AvgIpc) is 3.19. The van der Waals surface area contributed by atoms with Crippen LogP contribution in [0.3, 0.4) is 0 Å². The first-order chi connectivity index (χ1) is 15.4. The Morgan fingerprint density at radius 3 is 2.31 bits per heavy atom. The van der Waals surface area contributed by atoms with E-state index in [2.05, 4.69) is 10.4 Å². The fourth-order valence-corrected chi connectivity index (χ4v) is 4.21. The number of carbonyl (C=O) groups excluding carboxylic acids is 2. The number of nitrogens with one attached hydrogen (secondary N) is 1. The lowest BCUT2D eigenvalue weighted by Gasteiger charge is -2.10. The minimum absolute atomic E-state index is 0.0281. The maximum Gasteiger partial charge on any atom is 0.359 e. The van der Waals surface area contributed by atoms with Crippen molar-refractivity contribution in [2.24, 2.45) is 0 Å². The summed E-state index contributed by atoms with van der Waals surface area (Å²) < 4.78 is 6.22. The first kappa shape index (κ1) is 22.0. The summed E-state index contributed by atoms with van der Waals surface area (Å²) in [7, 11) is 0. The molecule has 4 rings (SSSR count). The van der Waals surface area contributed by atoms with Crippen molar-refractivity contribution in [1.29, 1.82) is 0 Å². The van der Waals surface area contributed by atoms with Crippen LogP contribution in [0.4, 0.5) is 5.00 Å². The second-order valence-corrected chi connectivity index (χ2v) is 8.33. The van der Waals surface area contributed by atoms with Crippen LogP contribution >= 0.6 is 34.5 Å². The number of thiophene rings is 1. The molecule has 2 aromatic heterocycles. The number of rotatable bonds is 5. The van der Waals surface area contributed by atoms with Crippen LogP contribution in [-0.4, -0.2) is 28.3 Å². The van der Waals surface area contributed by atoms with Gasteiger partial charge in [0.2, 0.25) is 0 Å². The molecule has 10 heteroatoms. The minimum Gasteiger partial charge on any atom is -0.461 e. The number of halogens is 2. The number of esters is 1. The summed E-state index contributed by atoms with van der Waals surface area (Å²) >= 11 is 13.0. The first-order valence-electron chi connectivity index (χ1n) is 9.43. The van der Waals surface area contributed by atoms with Crippen LogP contribution in [0.1, 0.15) is 27.8 Å². The van der Waals surface area contributed by atoms with Gasteiger partial charge in [-0.1, -0.05) is 23.2 Å². The number of nitrogens with zero attached hydrogens (tertiary/aromatic N) is 2. The summed E-state index contributed by atoms with van der Waals surface area (Å²) in [6.07, 6.45) is 0. The number of carbonyl (C=O) groups is 2. The lowest BCUT2D eigenvalue weighted by atomic mass is 10.2. The van der Waals surface area contributed by atoms with Crippen LogP contribution in [0.5, 0.6) is 0 Å². The minimum atomic E-state index is -0.673. The van der Waals surface area contributed by atoms with Crippen LogP contribution < -0.4 is 10.9 Å². The van der Waals surface area contributed by atoms with Gasteiger partial charge in [0, 0.05) is 26.4 Å². The highest BCUT2D eigenvalue weighted by Crippen LogP contribution is 2.31. The maximum absolute atomic E-state index is 13.3. The molecule has 2 heterocycles. The predicted molar refractivity (Wildman–Crippen MR) is 126 cm³/mol. The maximum atomic E-state index is 13.3. The number of anilines is 1. The number of fused-ring (bicyclic) bond motifs is 1. The predicted octanol–water partition coefficient (Wildman–Crippen LogP) is 5.18. The quantitative estimate of drug-likeness (QED) is 0.391. The average molecular weight is 488 g/mol. The van der Waals surface area contributed by atoms with Gasteiger partial charge in [0.1, 0.15) is 5.00 Å². The number of amides is 1. The lowest BCUT2D eigenvalue weighted by molar-refractivity contribution is 0.0520. The number of aromatic nitrogens is 2. The van der Waals surface area contributed by atoms with E-state index in [0.717, 1.165) is 16.0 Å². The van der Waals surface area contributed by atoms with E-state index >= 15 is 0 Å². The van der Waals surface area contributed by atoms with Crippen molar-refractivity contribution in [2.75, 3.05) is 11.9 Å². The van der Waals surface area contributed by atoms with E-state index in [9.17, 15) is 14.4 Å². The number of ether oxygens (including phenoxy) is 1. The van der Waals surface area contributed by atoms with Gasteiger partial charge in [-0.25, -0.2) is 4.79 Å². The van der Waals surface area contributed by atoms with Crippen LogP contribution in [0, 0.1) is 0 Å². The summed E-state index contributed by atoms with van der Waals surface area (Å²) in [4.78, 5) is 38.6. The van der Waals surface area contributed by atoms with Crippen molar-refractivity contribution in [2.45, 2.75) is 6.92 Å². The largest absolute Gasteiger partial charge is 0.461 e. The Morgan fingerprint density at radius 2 is 1.69 bits per heavy atom. The Labute approximate surface area is 196 Å². The number of hydrogen-bond donors (Lipinski definition) is 1. The van der Waals surface area contributed by atoms with Crippen LogP contribution in [-0.2, 0) is 4.74 Å². The van der Waals surface area contributed by atoms with Gasteiger partial charge in [-0.15, -0.1) is 11.3 Å². The molecule has 0 saturated heterocycles. The molecule has 0 unspecified atom stereocenters. The zero-order chi connectivity index (χ0) is 22.8. The fraction of sp³-hybridized carbons (Fsp3) is 0.0909. The molecule has 0 fully saturated rings. The molecular weight excluding hydrogens is 473 g/mol. The standard InChI is InChI=1S/C22H15Cl2N3O4S/c1-2-31-22(30)18-16-11-32-20(25-19(28)12-3-5-13(23)6-4-12)17(16)21(29)27(26-18)15-9-7-14(24)8-10-15/h3-11H,2H2,1H3,(H,25,28). The van der Waals surface area contributed by atoms with Crippen LogP contribution in [0.25, 0.3) is 16.5 Å². The molecule has 7 nitrogen and oxygen atoms in total. The normalized spacial score (nSPS) is 10.8. The molecule has 162 valence electrons. The van der Waals surface area contributed by atoms with Gasteiger partial charge in [-0.05, 0) is 55.5 Å². The third-order valence-corrected chi connectivity index (χ3v) is 5.93. The van der Waals surface area contributed by atoms with Crippen molar-refractivity contribution in [3.05, 3.63) is 85.6 Å². The Hall–Kier alpha value is -3.20. The molecule has 0 aliphatic carbocycles. The highest BCUT2D eigenvalue weighted by molar-refractivity contribution is 7.16. The van der Waals surface area contributed by atoms with Crippen molar-refractivity contribution in [3.8, 4) is 5.69 Å². The zero-order valence-corrected chi connectivity index (χ0v) is 18.9. The molecule has 0 radical (unpaired) electrons. The molecule has 0 saturated carbocycles. The van der Waals surface area contributed by atoms with Gasteiger partial charge in [0.15, 0.2) is 5.69 Å². The summed E-state index contributed by atoms with van der Waals surface area (Å²) in [6.45, 7) is 1.82. The SMILES string of the molecule is CCOC(=O)c1nn(-c2ccc(Cl)cc2)c(=O)c2c(NC(=O)c3ccc(Cl)cc3)scc12. The smallest absolute Gasteiger partial charge is 0.359 e. The van der Waals surface area contributed by atoms with Gasteiger partial charge in [-0.2, -0.15) is 9.78 Å². The highest BCUT2D eigenvalue weighted by atomic mass is 35.5. The van der Waals surface area contributed by atoms with Crippen molar-refractivity contribution >= 4 is 62.2 Å². The summed E-state index contributed by atoms with van der Waals surface area (Å²) in [6, 6.07) is 12.8. The molecule has 4 aromatic rings. The summed E-state index contributed by atoms with van der Waals surface area (Å²) in [5.74, 6) is -1.09. The zero-order valence-electron chi connectivity index (χ0n) is 16.6. The molecule has 0 spiro atoms. The molecule has 1 amide bonds. The molecule has 2 aromatic carbocycles. The fourth-order valence-electron chi connectivity index (χ4n) is 3.03. The van der Waals surface area contributed by atoms with Gasteiger partial charge < -0.3 is 10.1 Å². The summed E-state index contributed by atoms with van der Waals surface area (Å²) in [5, 5.41) is 10.3. The van der Waals surface area contributed by atoms with Crippen molar-refractivity contribution in [1.82, 2.24) is 9.78 Å². The Kier molecular flexibility index (Phi) is 6.27. The van der Waals surface area contributed by atoms with Crippen molar-refractivity contribution in [3.63, 3.8) is 0 Å². The second kappa shape index (κ2) is 9.12. The molecule has 0 atom stereocenters. The van der Waals surface area contributed by atoms with E-state index in [0.29, 0.717) is 31.7 Å². The molecule has 0 aliphatic heterocycles. The molecule has 0 aliphatic rings. The van der Waals surface area contributed by atoms with Gasteiger partial charge in [0.05, 0.1) is 17.7 Å². The second-order valence-electron chi connectivity index (χ2n) is 6.58. The third kappa shape index (κ3) is 4.25. The number of benzene rings is 2. The number of hydrogen-bond acceptors (Lipinski definition) is 6. The Bertz CT molecular complexity index is 1380. The Balaban J connectivity index is 1.87. The highest BCUT2D eigenvalue weighted by Gasteiger charge is 2.23. The molecule has 32 heavy (non-hydrogen) atoms. The van der Waals surface area contributed by atoms with Gasteiger partial charge >= 0.3 is 5.97 Å². The van der Waals surface area contributed by atoms with Gasteiger partial charge in [0.25, 0.3) is 11.5 Å². The van der Waals surface area contributed by atoms with E-state index in [1.807, 2.05) is 0 Å². The van der Waals surface area contributed by atoms with Crippen LogP contribution in [0.2, 0.25) is 10.0 Å². The van der Waals surface area contributed by atoms with Gasteiger partial charge in [-0.3, -0.25) is 9.59 Å². The van der Waals surface area contributed by atoms with E-state index in [4.69, 9.17) is 27.9 Å². The first-order valence-corrected chi connectivity index (χ1v) is 11.1. The molecule has 1 N–H and O–H groups in total. The Morgan fingerprint density at radius 1 is 1.06 bits per heavy atom. The lowest BCUT2D eigenvalue weighted by Crippen LogP contribution is -2.25. The van der Waals surface area contributed by atoms with E-state index in [-0.39, 0.29) is 17.7 Å². The van der Waals surface area contributed by atoms with E-state index < -0.39 is 17.4 Å². The van der Waals surface area contributed by atoms with Crippen molar-refractivity contribution < 1.29 is 14.3 Å². The van der Waals surface area contributed by atoms with E-state index in [1.165, 1.54) is 0 Å². The monoisotopic (exact) mass is 487 g/mol. The topological polar surface area (TPSA) is 90.3 Å². The molecule has 0 bridgehead atoms. The van der Waals surface area contributed by atoms with Crippen LogP contribution in [0.15, 0.2) is 58.7 Å². The van der Waals surface area contributed by atoms with E-state index in [1.54, 1.807) is 60.8 Å². The third-order valence-electron chi connectivity index (χ3n) is 4.53. The molecular formula is C22H15Cl2N3O4S. The summed E-state index contributed by atoms with van der Waals surface area (Å²) in [5.41, 5.74) is 0.254.